The minimum absolute atomic E-state index is 0.000749. The number of nitrogens with two attached hydrogens (primary N) is 1. The second kappa shape index (κ2) is 7.02. The van der Waals surface area contributed by atoms with Crippen LogP contribution >= 0.6 is 0 Å². The second-order valence-corrected chi connectivity index (χ2v) is 7.24. The Balaban J connectivity index is 1.35. The molecule has 3 aromatic heterocycles. The maximum absolute atomic E-state index is 13.1. The lowest BCUT2D eigenvalue weighted by molar-refractivity contribution is 0.110. The summed E-state index contributed by atoms with van der Waals surface area (Å²) in [7, 11) is 1.71. The number of hydrogen-bond donors (Lipinski definition) is 1. The van der Waals surface area contributed by atoms with Gasteiger partial charge in [0, 0.05) is 13.0 Å². The first kappa shape index (κ1) is 18.4. The molecule has 30 heavy (non-hydrogen) atoms. The molecular weight excluding hydrogens is 393 g/mol. The minimum Gasteiger partial charge on any atom is -0.373 e. The van der Waals surface area contributed by atoms with Crippen molar-refractivity contribution >= 4 is 17.1 Å². The van der Waals surface area contributed by atoms with Gasteiger partial charge in [0.15, 0.2) is 17.0 Å². The molecule has 0 aliphatic carbocycles. The largest absolute Gasteiger partial charge is 0.373 e. The highest BCUT2D eigenvalue weighted by atomic mass is 19.1. The van der Waals surface area contributed by atoms with Crippen LogP contribution in [0.25, 0.3) is 11.2 Å². The van der Waals surface area contributed by atoms with E-state index in [1.807, 2.05) is 0 Å². The summed E-state index contributed by atoms with van der Waals surface area (Å²) in [4.78, 5) is 25.4. The normalized spacial score (nSPS) is 19.0. The number of anilines is 1. The van der Waals surface area contributed by atoms with Gasteiger partial charge in [0.05, 0.1) is 19.0 Å². The van der Waals surface area contributed by atoms with Crippen molar-refractivity contribution in [3.05, 3.63) is 64.0 Å². The first-order chi connectivity index (χ1) is 14.5. The van der Waals surface area contributed by atoms with Crippen LogP contribution in [-0.2, 0) is 18.3 Å². The third-order valence-electron chi connectivity index (χ3n) is 5.24. The number of halogens is 1. The molecule has 0 spiro atoms. The Hall–Kier alpha value is -3.60. The van der Waals surface area contributed by atoms with Crippen molar-refractivity contribution in [2.45, 2.75) is 25.0 Å². The van der Waals surface area contributed by atoms with Crippen LogP contribution in [0.15, 0.2) is 39.9 Å². The third-order valence-corrected chi connectivity index (χ3v) is 5.24. The van der Waals surface area contributed by atoms with E-state index < -0.39 is 0 Å². The van der Waals surface area contributed by atoms with E-state index in [1.54, 1.807) is 23.7 Å². The Kier molecular flexibility index (Phi) is 4.31. The highest BCUT2D eigenvalue weighted by Crippen LogP contribution is 2.37. The highest BCUT2D eigenvalue weighted by molar-refractivity contribution is 5.70. The van der Waals surface area contributed by atoms with Crippen LogP contribution in [-0.4, -0.2) is 35.8 Å². The van der Waals surface area contributed by atoms with Crippen LogP contribution in [0.5, 0.6) is 0 Å². The van der Waals surface area contributed by atoms with E-state index in [2.05, 4.69) is 20.1 Å². The number of ether oxygens (including phenoxy) is 1. The Morgan fingerprint density at radius 3 is 2.87 bits per heavy atom. The SMILES string of the molecule is Cn1cnc2nc(N)n(Cc3nc([C@@H]4CO[C@@H](c5ccc(F)cc5)C4)no3)c(=O)c21. The fourth-order valence-electron chi connectivity index (χ4n) is 3.65. The summed E-state index contributed by atoms with van der Waals surface area (Å²) in [6, 6.07) is 6.24. The monoisotopic (exact) mass is 411 g/mol. The molecule has 154 valence electrons. The second-order valence-electron chi connectivity index (χ2n) is 7.24. The van der Waals surface area contributed by atoms with Crippen LogP contribution in [0.4, 0.5) is 10.3 Å². The van der Waals surface area contributed by atoms with E-state index in [9.17, 15) is 9.18 Å². The standard InChI is InChI=1S/C19H18FN7O3/c1-26-9-22-17-15(26)18(28)27(19(21)24-17)7-14-23-16(25-30-14)11-6-13(29-8-11)10-2-4-12(20)5-3-10/h2-5,9,11,13H,6-8H2,1H3,(H2,21,24)/t11-,13+/m0/s1. The molecule has 10 nitrogen and oxygen atoms in total. The minimum atomic E-state index is -0.335. The Morgan fingerprint density at radius 1 is 1.27 bits per heavy atom. The molecular formula is C19H18FN7O3. The molecule has 0 unspecified atom stereocenters. The Labute approximate surface area is 169 Å². The van der Waals surface area contributed by atoms with Crippen LogP contribution in [0.2, 0.25) is 0 Å². The molecule has 1 fully saturated rings. The summed E-state index contributed by atoms with van der Waals surface area (Å²) in [5.41, 5.74) is 7.13. The van der Waals surface area contributed by atoms with Crippen LogP contribution in [0, 0.1) is 5.82 Å². The first-order valence-corrected chi connectivity index (χ1v) is 9.36. The molecule has 0 amide bonds. The smallest absolute Gasteiger partial charge is 0.281 e. The number of aryl methyl sites for hydroxylation is 1. The van der Waals surface area contributed by atoms with Gasteiger partial charge in [-0.15, -0.1) is 0 Å². The number of rotatable bonds is 4. The van der Waals surface area contributed by atoms with Gasteiger partial charge in [0.2, 0.25) is 11.8 Å². The van der Waals surface area contributed by atoms with Crippen molar-refractivity contribution in [2.75, 3.05) is 12.3 Å². The fourth-order valence-corrected chi connectivity index (χ4v) is 3.65. The lowest BCUT2D eigenvalue weighted by Gasteiger charge is -2.08. The number of fused-ring (bicyclic) bond motifs is 1. The molecule has 4 aromatic rings. The lowest BCUT2D eigenvalue weighted by atomic mass is 10.00. The Bertz CT molecular complexity index is 1280. The molecule has 5 rings (SSSR count). The van der Waals surface area contributed by atoms with Gasteiger partial charge < -0.3 is 19.6 Å². The van der Waals surface area contributed by atoms with Gasteiger partial charge in [-0.2, -0.15) is 9.97 Å². The zero-order chi connectivity index (χ0) is 20.8. The van der Waals surface area contributed by atoms with E-state index in [0.29, 0.717) is 24.4 Å². The third kappa shape index (κ3) is 3.12. The molecule has 4 heterocycles. The van der Waals surface area contributed by atoms with Crippen LogP contribution in [0.3, 0.4) is 0 Å². The summed E-state index contributed by atoms with van der Waals surface area (Å²) >= 11 is 0. The lowest BCUT2D eigenvalue weighted by Crippen LogP contribution is -2.26. The van der Waals surface area contributed by atoms with E-state index in [0.717, 1.165) is 5.56 Å². The molecule has 2 atom stereocenters. The van der Waals surface area contributed by atoms with Crippen molar-refractivity contribution in [2.24, 2.45) is 7.05 Å². The van der Waals surface area contributed by atoms with Gasteiger partial charge in [-0.25, -0.2) is 9.37 Å². The van der Waals surface area contributed by atoms with Crippen LogP contribution < -0.4 is 11.3 Å². The average molecular weight is 411 g/mol. The molecule has 1 saturated heterocycles. The number of imidazole rings is 1. The fraction of sp³-hybridized carbons (Fsp3) is 0.316. The van der Waals surface area contributed by atoms with Crippen molar-refractivity contribution < 1.29 is 13.7 Å². The Morgan fingerprint density at radius 2 is 2.07 bits per heavy atom. The summed E-state index contributed by atoms with van der Waals surface area (Å²) in [6.45, 7) is 0.423. The van der Waals surface area contributed by atoms with Crippen LogP contribution in [0.1, 0.15) is 35.7 Å². The molecule has 1 aliphatic heterocycles. The summed E-state index contributed by atoms with van der Waals surface area (Å²) in [6.07, 6.45) is 1.99. The van der Waals surface area contributed by atoms with Gasteiger partial charge in [0.1, 0.15) is 12.4 Å². The first-order valence-electron chi connectivity index (χ1n) is 9.36. The number of aromatic nitrogens is 6. The quantitative estimate of drug-likeness (QED) is 0.536. The predicted molar refractivity (Wildman–Crippen MR) is 103 cm³/mol. The van der Waals surface area contributed by atoms with Gasteiger partial charge in [-0.1, -0.05) is 17.3 Å². The van der Waals surface area contributed by atoms with Gasteiger partial charge >= 0.3 is 0 Å². The molecule has 0 saturated carbocycles. The van der Waals surface area contributed by atoms with E-state index >= 15 is 0 Å². The molecule has 1 aromatic carbocycles. The van der Waals surface area contributed by atoms with Gasteiger partial charge in [-0.05, 0) is 24.1 Å². The molecule has 11 heteroatoms. The predicted octanol–water partition coefficient (Wildman–Crippen LogP) is 1.53. The zero-order valence-corrected chi connectivity index (χ0v) is 16.0. The molecule has 1 aliphatic rings. The summed E-state index contributed by atoms with van der Waals surface area (Å²) in [5, 5.41) is 4.05. The van der Waals surface area contributed by atoms with Gasteiger partial charge in [0.25, 0.3) is 5.56 Å². The number of benzene rings is 1. The van der Waals surface area contributed by atoms with Crippen molar-refractivity contribution in [1.29, 1.82) is 0 Å². The highest BCUT2D eigenvalue weighted by Gasteiger charge is 2.31. The topological polar surface area (TPSA) is 127 Å². The van der Waals surface area contributed by atoms with Crippen molar-refractivity contribution in [1.82, 2.24) is 29.2 Å². The molecule has 0 bridgehead atoms. The zero-order valence-electron chi connectivity index (χ0n) is 16.0. The maximum atomic E-state index is 13.1. The van der Waals surface area contributed by atoms with E-state index in [-0.39, 0.29) is 47.4 Å². The summed E-state index contributed by atoms with van der Waals surface area (Å²) in [5.74, 6) is 0.406. The number of nitrogens with zero attached hydrogens (tertiary/aromatic N) is 6. The van der Waals surface area contributed by atoms with Crippen molar-refractivity contribution in [3.8, 4) is 0 Å². The number of nitrogen functional groups attached to an aromatic ring is 1. The maximum Gasteiger partial charge on any atom is 0.281 e. The van der Waals surface area contributed by atoms with E-state index in [1.165, 1.54) is 23.0 Å². The number of hydrogen-bond acceptors (Lipinski definition) is 8. The summed E-state index contributed by atoms with van der Waals surface area (Å²) < 4.78 is 27.2. The molecule has 0 radical (unpaired) electrons. The van der Waals surface area contributed by atoms with Crippen molar-refractivity contribution in [3.63, 3.8) is 0 Å². The van der Waals surface area contributed by atoms with Gasteiger partial charge in [-0.3, -0.25) is 9.36 Å². The average Bonchev–Trinajstić information content (AvgIpc) is 3.46. The molecule has 2 N–H and O–H groups in total. The van der Waals surface area contributed by atoms with E-state index in [4.69, 9.17) is 15.0 Å².